The van der Waals surface area contributed by atoms with Gasteiger partial charge >= 0.3 is 0 Å². The van der Waals surface area contributed by atoms with Crippen molar-refractivity contribution in [2.24, 2.45) is 0 Å². The molecule has 0 fully saturated rings. The number of fused-ring (bicyclic) bond motifs is 4. The Morgan fingerprint density at radius 2 is 0.738 bits per heavy atom. The van der Waals surface area contributed by atoms with Crippen molar-refractivity contribution in [3.63, 3.8) is 0 Å². The van der Waals surface area contributed by atoms with Gasteiger partial charge in [-0.25, -0.2) is 0 Å². The van der Waals surface area contributed by atoms with Gasteiger partial charge in [0.05, 0.1) is 5.69 Å². The van der Waals surface area contributed by atoms with Crippen molar-refractivity contribution in [2.45, 2.75) is 0 Å². The fraction of sp³-hybridized carbons (Fsp3) is 0. The summed E-state index contributed by atoms with van der Waals surface area (Å²) in [6.45, 7) is 0. The number of thiophene rings is 1. The molecule has 3 heteroatoms. The lowest BCUT2D eigenvalue weighted by molar-refractivity contribution is 1.28. The molecular weight excluding hydrogens is 757 g/mol. The quantitative estimate of drug-likeness (QED) is 0.144. The SMILES string of the molecule is c1ccc(-c2cc(-c3ccc(N(c4ccccc4)c4ccc(-c5ccc(N(c6ccccc6)c6cccc7ccccc67)cc5)cc4)cc3)c3sc4ccccc4c3c2)cc1. The first-order valence-corrected chi connectivity index (χ1v) is 21.6. The molecule has 0 aliphatic heterocycles. The maximum atomic E-state index is 2.37. The van der Waals surface area contributed by atoms with Crippen LogP contribution in [0.3, 0.4) is 0 Å². The minimum absolute atomic E-state index is 1.10. The molecule has 0 amide bonds. The van der Waals surface area contributed by atoms with Crippen LogP contribution in [0.25, 0.3) is 64.3 Å². The molecule has 10 aromatic carbocycles. The van der Waals surface area contributed by atoms with Crippen molar-refractivity contribution in [3.05, 3.63) is 243 Å². The fourth-order valence-electron chi connectivity index (χ4n) is 8.67. The second kappa shape index (κ2) is 15.8. The number of para-hydroxylation sites is 2. The zero-order valence-electron chi connectivity index (χ0n) is 33.4. The van der Waals surface area contributed by atoms with Crippen LogP contribution in [0.4, 0.5) is 34.1 Å². The van der Waals surface area contributed by atoms with Gasteiger partial charge in [0.1, 0.15) is 0 Å². The van der Waals surface area contributed by atoms with Crippen molar-refractivity contribution < 1.29 is 0 Å². The lowest BCUT2D eigenvalue weighted by atomic mass is 9.96. The molecule has 2 nitrogen and oxygen atoms in total. The Bertz CT molecular complexity index is 3260. The van der Waals surface area contributed by atoms with E-state index < -0.39 is 0 Å². The predicted octanol–water partition coefficient (Wildman–Crippen LogP) is 17.1. The number of hydrogen-bond acceptors (Lipinski definition) is 3. The van der Waals surface area contributed by atoms with Crippen LogP contribution in [-0.4, -0.2) is 0 Å². The molecule has 0 aliphatic rings. The summed E-state index contributed by atoms with van der Waals surface area (Å²) in [7, 11) is 0. The lowest BCUT2D eigenvalue weighted by Crippen LogP contribution is -2.10. The molecule has 1 heterocycles. The van der Waals surface area contributed by atoms with Crippen LogP contribution in [0.5, 0.6) is 0 Å². The second-order valence-electron chi connectivity index (χ2n) is 15.3. The molecule has 11 aromatic rings. The smallest absolute Gasteiger partial charge is 0.0540 e. The highest BCUT2D eigenvalue weighted by Crippen LogP contribution is 2.44. The molecule has 61 heavy (non-hydrogen) atoms. The van der Waals surface area contributed by atoms with Gasteiger partial charge in [-0.2, -0.15) is 0 Å². The fourth-order valence-corrected chi connectivity index (χ4v) is 9.89. The normalized spacial score (nSPS) is 11.3. The van der Waals surface area contributed by atoms with Gasteiger partial charge in [-0.1, -0.05) is 158 Å². The molecule has 0 spiro atoms. The maximum Gasteiger partial charge on any atom is 0.0540 e. The Hall–Kier alpha value is -7.72. The van der Waals surface area contributed by atoms with Crippen molar-refractivity contribution in [1.82, 2.24) is 0 Å². The van der Waals surface area contributed by atoms with Gasteiger partial charge in [0, 0.05) is 59.6 Å². The van der Waals surface area contributed by atoms with E-state index in [0.29, 0.717) is 0 Å². The van der Waals surface area contributed by atoms with Crippen LogP contribution in [-0.2, 0) is 0 Å². The van der Waals surface area contributed by atoms with Crippen LogP contribution in [0.1, 0.15) is 0 Å². The summed E-state index contributed by atoms with van der Waals surface area (Å²) in [6, 6.07) is 87.6. The topological polar surface area (TPSA) is 6.48 Å². The van der Waals surface area contributed by atoms with Gasteiger partial charge in [0.2, 0.25) is 0 Å². The monoisotopic (exact) mass is 796 g/mol. The number of benzene rings is 10. The van der Waals surface area contributed by atoms with Gasteiger partial charge in [-0.3, -0.25) is 0 Å². The van der Waals surface area contributed by atoms with E-state index in [1.807, 2.05) is 11.3 Å². The average molecular weight is 797 g/mol. The molecule has 0 unspecified atom stereocenters. The molecule has 0 atom stereocenters. The molecule has 0 bridgehead atoms. The minimum Gasteiger partial charge on any atom is -0.311 e. The van der Waals surface area contributed by atoms with E-state index in [2.05, 4.69) is 252 Å². The van der Waals surface area contributed by atoms with E-state index in [4.69, 9.17) is 0 Å². The Morgan fingerprint density at radius 1 is 0.279 bits per heavy atom. The van der Waals surface area contributed by atoms with E-state index in [1.54, 1.807) is 0 Å². The third kappa shape index (κ3) is 6.91. The first kappa shape index (κ1) is 36.4. The summed E-state index contributed by atoms with van der Waals surface area (Å²) in [4.78, 5) is 4.69. The summed E-state index contributed by atoms with van der Waals surface area (Å²) in [6.07, 6.45) is 0. The highest BCUT2D eigenvalue weighted by atomic mass is 32.1. The van der Waals surface area contributed by atoms with Crippen molar-refractivity contribution in [3.8, 4) is 33.4 Å². The van der Waals surface area contributed by atoms with Gasteiger partial charge in [0.25, 0.3) is 0 Å². The number of anilines is 6. The van der Waals surface area contributed by atoms with E-state index in [-0.39, 0.29) is 0 Å². The Labute approximate surface area is 360 Å². The molecule has 1 aromatic heterocycles. The Balaban J connectivity index is 0.930. The third-order valence-corrected chi connectivity index (χ3v) is 12.9. The standard InChI is InChI=1S/C58H40N2S/c1-4-15-41(16-5-1)46-39-54(58-55(40-46)53-24-12-13-26-57(53)61-58)45-31-37-50(38-32-45)59(47-19-6-2-7-20-47)49-33-27-42(28-34-49)43-29-35-51(36-30-43)60(48-21-8-3-9-22-48)56-25-14-18-44-17-10-11-23-52(44)56/h1-40H. The Kier molecular flexibility index (Phi) is 9.42. The molecule has 0 N–H and O–H groups in total. The lowest BCUT2D eigenvalue weighted by Gasteiger charge is -2.27. The molecule has 0 saturated carbocycles. The highest BCUT2D eigenvalue weighted by molar-refractivity contribution is 7.26. The molecular formula is C58H40N2S. The first-order valence-electron chi connectivity index (χ1n) is 20.7. The molecule has 0 radical (unpaired) electrons. The predicted molar refractivity (Wildman–Crippen MR) is 263 cm³/mol. The largest absolute Gasteiger partial charge is 0.311 e. The summed E-state index contributed by atoms with van der Waals surface area (Å²) in [5.74, 6) is 0. The van der Waals surface area contributed by atoms with Crippen LogP contribution in [0.2, 0.25) is 0 Å². The van der Waals surface area contributed by atoms with Crippen molar-refractivity contribution in [2.75, 3.05) is 9.80 Å². The van der Waals surface area contributed by atoms with E-state index >= 15 is 0 Å². The summed E-state index contributed by atoms with van der Waals surface area (Å²) < 4.78 is 2.63. The average Bonchev–Trinajstić information content (AvgIpc) is 3.72. The molecule has 11 rings (SSSR count). The van der Waals surface area contributed by atoms with Gasteiger partial charge in [0.15, 0.2) is 0 Å². The van der Waals surface area contributed by atoms with E-state index in [9.17, 15) is 0 Å². The van der Waals surface area contributed by atoms with Crippen LogP contribution < -0.4 is 9.80 Å². The number of nitrogens with zero attached hydrogens (tertiary/aromatic N) is 2. The van der Waals surface area contributed by atoms with Crippen LogP contribution in [0, 0.1) is 0 Å². The summed E-state index contributed by atoms with van der Waals surface area (Å²) in [5.41, 5.74) is 14.0. The van der Waals surface area contributed by atoms with Gasteiger partial charge in [-0.05, 0) is 118 Å². The zero-order valence-corrected chi connectivity index (χ0v) is 34.2. The van der Waals surface area contributed by atoms with E-state index in [0.717, 1.165) is 34.1 Å². The van der Waals surface area contributed by atoms with Crippen LogP contribution in [0.15, 0.2) is 243 Å². The number of rotatable bonds is 9. The molecule has 288 valence electrons. The first-order chi connectivity index (χ1) is 30.2. The maximum absolute atomic E-state index is 2.37. The van der Waals surface area contributed by atoms with Crippen molar-refractivity contribution in [1.29, 1.82) is 0 Å². The van der Waals surface area contributed by atoms with Crippen molar-refractivity contribution >= 4 is 76.4 Å². The van der Waals surface area contributed by atoms with Gasteiger partial charge in [-0.15, -0.1) is 11.3 Å². The number of hydrogen-bond donors (Lipinski definition) is 0. The molecule has 0 aliphatic carbocycles. The Morgan fingerprint density at radius 3 is 1.38 bits per heavy atom. The zero-order chi connectivity index (χ0) is 40.5. The second-order valence-corrected chi connectivity index (χ2v) is 16.4. The highest BCUT2D eigenvalue weighted by Gasteiger charge is 2.18. The third-order valence-electron chi connectivity index (χ3n) is 11.6. The summed E-state index contributed by atoms with van der Waals surface area (Å²) in [5, 5.41) is 5.06. The minimum atomic E-state index is 1.10. The summed E-state index contributed by atoms with van der Waals surface area (Å²) >= 11 is 1.88. The van der Waals surface area contributed by atoms with Gasteiger partial charge < -0.3 is 9.80 Å². The van der Waals surface area contributed by atoms with Crippen LogP contribution >= 0.6 is 11.3 Å². The van der Waals surface area contributed by atoms with E-state index in [1.165, 1.54) is 64.3 Å². The molecule has 0 saturated heterocycles.